The highest BCUT2D eigenvalue weighted by atomic mass is 35.5. The molecule has 0 bridgehead atoms. The zero-order valence-electron chi connectivity index (χ0n) is 12.9. The Balaban J connectivity index is 1.84. The highest BCUT2D eigenvalue weighted by Gasteiger charge is 2.30. The maximum absolute atomic E-state index is 6.76. The van der Waals surface area contributed by atoms with Crippen molar-refractivity contribution in [3.05, 3.63) is 30.1 Å². The molecule has 0 radical (unpaired) electrons. The van der Waals surface area contributed by atoms with E-state index in [1.165, 1.54) is 44.9 Å². The molecule has 0 saturated heterocycles. The van der Waals surface area contributed by atoms with Gasteiger partial charge in [0.25, 0.3) is 0 Å². The molecule has 0 N–H and O–H groups in total. The van der Waals surface area contributed by atoms with Crippen LogP contribution in [0.4, 0.5) is 0 Å². The minimum absolute atomic E-state index is 0.233. The number of rotatable bonds is 6. The molecule has 112 valence electrons. The molecule has 2 unspecified atom stereocenters. The highest BCUT2D eigenvalue weighted by Crippen LogP contribution is 2.39. The van der Waals surface area contributed by atoms with Crippen molar-refractivity contribution in [1.82, 2.24) is 4.98 Å². The molecule has 0 aliphatic heterocycles. The first-order chi connectivity index (χ1) is 9.72. The van der Waals surface area contributed by atoms with E-state index in [2.05, 4.69) is 31.0 Å². The first-order valence-corrected chi connectivity index (χ1v) is 8.71. The summed E-state index contributed by atoms with van der Waals surface area (Å²) in [5, 5.41) is 0.233. The van der Waals surface area contributed by atoms with Gasteiger partial charge in [-0.2, -0.15) is 0 Å². The molecule has 1 aromatic rings. The molecule has 0 amide bonds. The van der Waals surface area contributed by atoms with Gasteiger partial charge >= 0.3 is 0 Å². The van der Waals surface area contributed by atoms with Crippen molar-refractivity contribution in [3.63, 3.8) is 0 Å². The molecule has 2 heteroatoms. The van der Waals surface area contributed by atoms with E-state index in [1.54, 1.807) is 0 Å². The number of unbranched alkanes of at least 4 members (excludes halogenated alkanes) is 1. The van der Waals surface area contributed by atoms with Crippen LogP contribution in [0, 0.1) is 11.8 Å². The summed E-state index contributed by atoms with van der Waals surface area (Å²) < 4.78 is 0. The quantitative estimate of drug-likeness (QED) is 0.605. The van der Waals surface area contributed by atoms with Gasteiger partial charge in [-0.05, 0) is 36.8 Å². The van der Waals surface area contributed by atoms with E-state index in [0.29, 0.717) is 11.8 Å². The smallest absolute Gasteiger partial charge is 0.0446 e. The van der Waals surface area contributed by atoms with Crippen LogP contribution in [0.2, 0.25) is 0 Å². The van der Waals surface area contributed by atoms with Crippen molar-refractivity contribution in [3.8, 4) is 0 Å². The summed E-state index contributed by atoms with van der Waals surface area (Å²) >= 11 is 6.76. The summed E-state index contributed by atoms with van der Waals surface area (Å²) in [6.45, 7) is 4.51. The first kappa shape index (κ1) is 15.8. The van der Waals surface area contributed by atoms with Crippen LogP contribution in [0.5, 0.6) is 0 Å². The van der Waals surface area contributed by atoms with Crippen LogP contribution in [0.3, 0.4) is 0 Å². The van der Waals surface area contributed by atoms with Gasteiger partial charge < -0.3 is 0 Å². The maximum atomic E-state index is 6.76. The monoisotopic (exact) mass is 293 g/mol. The van der Waals surface area contributed by atoms with Gasteiger partial charge in [-0.1, -0.05) is 52.0 Å². The number of pyridine rings is 1. The lowest BCUT2D eigenvalue weighted by Crippen LogP contribution is -2.26. The Morgan fingerprint density at radius 3 is 2.60 bits per heavy atom. The fraction of sp³-hybridized carbons (Fsp3) is 0.722. The van der Waals surface area contributed by atoms with Crippen molar-refractivity contribution < 1.29 is 0 Å². The van der Waals surface area contributed by atoms with E-state index in [-0.39, 0.29) is 5.38 Å². The number of hydrogen-bond donors (Lipinski definition) is 0. The van der Waals surface area contributed by atoms with E-state index >= 15 is 0 Å². The summed E-state index contributed by atoms with van der Waals surface area (Å²) in [4.78, 5) is 4.47. The average molecular weight is 294 g/mol. The van der Waals surface area contributed by atoms with E-state index in [9.17, 15) is 0 Å². The topological polar surface area (TPSA) is 12.9 Å². The summed E-state index contributed by atoms with van der Waals surface area (Å²) in [7, 11) is 0. The molecule has 20 heavy (non-hydrogen) atoms. The Morgan fingerprint density at radius 1 is 1.25 bits per heavy atom. The van der Waals surface area contributed by atoms with Crippen molar-refractivity contribution in [2.75, 3.05) is 0 Å². The molecule has 0 spiro atoms. The Hall–Kier alpha value is -0.560. The number of alkyl halides is 1. The standard InChI is InChI=1S/C18H28ClN/c1-3-4-7-15-9-11-16(12-10-15)18(19)14(2)17-8-5-6-13-20-17/h5-6,8,13-16,18H,3-4,7,9-12H2,1-2H3. The number of aromatic nitrogens is 1. The van der Waals surface area contributed by atoms with Gasteiger partial charge in [-0.25, -0.2) is 0 Å². The Bertz CT molecular complexity index is 370. The van der Waals surface area contributed by atoms with Gasteiger partial charge in [0.05, 0.1) is 0 Å². The van der Waals surface area contributed by atoms with Gasteiger partial charge in [0.15, 0.2) is 0 Å². The fourth-order valence-electron chi connectivity index (χ4n) is 3.50. The normalized spacial score (nSPS) is 26.1. The molecule has 1 saturated carbocycles. The van der Waals surface area contributed by atoms with E-state index < -0.39 is 0 Å². The summed E-state index contributed by atoms with van der Waals surface area (Å²) in [6, 6.07) is 6.13. The van der Waals surface area contributed by atoms with Crippen LogP contribution in [-0.2, 0) is 0 Å². The molecule has 1 nitrogen and oxygen atoms in total. The van der Waals surface area contributed by atoms with Crippen LogP contribution in [0.25, 0.3) is 0 Å². The lowest BCUT2D eigenvalue weighted by atomic mass is 9.76. The van der Waals surface area contributed by atoms with Crippen molar-refractivity contribution >= 4 is 11.6 Å². The minimum atomic E-state index is 0.233. The van der Waals surface area contributed by atoms with Gasteiger partial charge in [-0.3, -0.25) is 4.98 Å². The van der Waals surface area contributed by atoms with Crippen LogP contribution >= 0.6 is 11.6 Å². The van der Waals surface area contributed by atoms with Crippen LogP contribution in [-0.4, -0.2) is 10.4 Å². The van der Waals surface area contributed by atoms with Crippen molar-refractivity contribution in [1.29, 1.82) is 0 Å². The van der Waals surface area contributed by atoms with Crippen molar-refractivity contribution in [2.45, 2.75) is 70.1 Å². The number of hydrogen-bond acceptors (Lipinski definition) is 1. The van der Waals surface area contributed by atoms with E-state index in [1.807, 2.05) is 12.3 Å². The van der Waals surface area contributed by atoms with Crippen LogP contribution in [0.15, 0.2) is 24.4 Å². The second-order valence-corrected chi connectivity index (χ2v) is 6.91. The van der Waals surface area contributed by atoms with Gasteiger partial charge in [0.1, 0.15) is 0 Å². The molecule has 1 fully saturated rings. The second-order valence-electron chi connectivity index (χ2n) is 6.41. The largest absolute Gasteiger partial charge is 0.261 e. The summed E-state index contributed by atoms with van der Waals surface area (Å²) in [5.74, 6) is 1.99. The van der Waals surface area contributed by atoms with Gasteiger partial charge in [0.2, 0.25) is 0 Å². The molecule has 1 aliphatic rings. The maximum Gasteiger partial charge on any atom is 0.0446 e. The Morgan fingerprint density at radius 2 is 2.00 bits per heavy atom. The van der Waals surface area contributed by atoms with Crippen LogP contribution < -0.4 is 0 Å². The highest BCUT2D eigenvalue weighted by molar-refractivity contribution is 6.21. The predicted molar refractivity (Wildman–Crippen MR) is 87.3 cm³/mol. The van der Waals surface area contributed by atoms with Gasteiger partial charge in [0, 0.05) is 23.2 Å². The SMILES string of the molecule is CCCCC1CCC(C(Cl)C(C)c2ccccn2)CC1. The van der Waals surface area contributed by atoms with Crippen molar-refractivity contribution in [2.24, 2.45) is 11.8 Å². The fourth-order valence-corrected chi connectivity index (χ4v) is 3.89. The third-order valence-electron chi connectivity index (χ3n) is 4.94. The molecule has 2 rings (SSSR count). The Kier molecular flexibility index (Phi) is 6.35. The Labute approximate surface area is 129 Å². The molecule has 1 aliphatic carbocycles. The average Bonchev–Trinajstić information content (AvgIpc) is 2.53. The third kappa shape index (κ3) is 4.22. The van der Waals surface area contributed by atoms with E-state index in [0.717, 1.165) is 11.6 Å². The minimum Gasteiger partial charge on any atom is -0.261 e. The van der Waals surface area contributed by atoms with Gasteiger partial charge in [-0.15, -0.1) is 11.6 Å². The predicted octanol–water partition coefficient (Wildman–Crippen LogP) is 5.79. The molecule has 1 aromatic heterocycles. The second kappa shape index (κ2) is 8.02. The zero-order valence-corrected chi connectivity index (χ0v) is 13.6. The number of nitrogens with zero attached hydrogens (tertiary/aromatic N) is 1. The molecular weight excluding hydrogens is 266 g/mol. The molecular formula is C18H28ClN. The summed E-state index contributed by atoms with van der Waals surface area (Å²) in [5.41, 5.74) is 1.14. The van der Waals surface area contributed by atoms with Crippen LogP contribution in [0.1, 0.15) is 70.4 Å². The summed E-state index contributed by atoms with van der Waals surface area (Å²) in [6.07, 6.45) is 11.4. The van der Waals surface area contributed by atoms with E-state index in [4.69, 9.17) is 11.6 Å². The lowest BCUT2D eigenvalue weighted by Gasteiger charge is -2.33. The first-order valence-electron chi connectivity index (χ1n) is 8.27. The lowest BCUT2D eigenvalue weighted by molar-refractivity contribution is 0.245. The molecule has 0 aromatic carbocycles. The molecule has 1 heterocycles. The number of halogens is 1. The zero-order chi connectivity index (χ0) is 14.4. The third-order valence-corrected chi connectivity index (χ3v) is 5.67. The molecule has 2 atom stereocenters.